The van der Waals surface area contributed by atoms with Gasteiger partial charge in [0.1, 0.15) is 17.1 Å². The first-order valence-corrected chi connectivity index (χ1v) is 6.84. The number of hydrogen-bond donors (Lipinski definition) is 0. The van der Waals surface area contributed by atoms with Crippen LogP contribution in [-0.4, -0.2) is 21.8 Å². The van der Waals surface area contributed by atoms with Gasteiger partial charge in [0.05, 0.1) is 12.0 Å². The van der Waals surface area contributed by atoms with Crippen LogP contribution in [0.5, 0.6) is 5.75 Å². The molecular formula is C15H19N3O3. The molecular weight excluding hydrogens is 270 g/mol. The molecule has 0 bridgehead atoms. The van der Waals surface area contributed by atoms with E-state index >= 15 is 0 Å². The lowest BCUT2D eigenvalue weighted by molar-refractivity contribution is -0.386. The number of rotatable bonds is 6. The van der Waals surface area contributed by atoms with Gasteiger partial charge in [-0.1, -0.05) is 12.1 Å². The number of methoxy groups -OCH3 is 1. The second-order valence-corrected chi connectivity index (χ2v) is 4.95. The number of nitrogens with zero attached hydrogens (tertiary/aromatic N) is 3. The molecule has 0 aliphatic heterocycles. The predicted octanol–water partition coefficient (Wildman–Crippen LogP) is 3.05. The number of ether oxygens (including phenoxy) is 1. The standard InChI is InChI=1S/C15H19N3O3/c1-11-15(18(19)20)12(2)17(16-11)10-4-5-13-6-8-14(21-3)9-7-13/h6-9H,4-5,10H2,1-3H3. The number of aromatic nitrogens is 2. The zero-order valence-corrected chi connectivity index (χ0v) is 12.5. The number of nitro groups is 1. The third kappa shape index (κ3) is 3.39. The zero-order chi connectivity index (χ0) is 15.4. The Labute approximate surface area is 123 Å². The van der Waals surface area contributed by atoms with Crippen LogP contribution in [0.3, 0.4) is 0 Å². The minimum absolute atomic E-state index is 0.124. The molecule has 21 heavy (non-hydrogen) atoms. The molecule has 0 fully saturated rings. The highest BCUT2D eigenvalue weighted by Crippen LogP contribution is 2.22. The maximum Gasteiger partial charge on any atom is 0.312 e. The summed E-state index contributed by atoms with van der Waals surface area (Å²) >= 11 is 0. The molecule has 1 heterocycles. The Kier molecular flexibility index (Phi) is 4.57. The van der Waals surface area contributed by atoms with Crippen LogP contribution in [0.1, 0.15) is 23.4 Å². The average molecular weight is 289 g/mol. The van der Waals surface area contributed by atoms with E-state index < -0.39 is 0 Å². The number of aryl methyl sites for hydroxylation is 3. The summed E-state index contributed by atoms with van der Waals surface area (Å²) in [6.45, 7) is 4.09. The van der Waals surface area contributed by atoms with Gasteiger partial charge in [0.15, 0.2) is 0 Å². The van der Waals surface area contributed by atoms with Gasteiger partial charge in [0.25, 0.3) is 0 Å². The fourth-order valence-electron chi connectivity index (χ4n) is 2.39. The average Bonchev–Trinajstić information content (AvgIpc) is 2.74. The van der Waals surface area contributed by atoms with Gasteiger partial charge in [0, 0.05) is 6.54 Å². The van der Waals surface area contributed by atoms with Crippen molar-refractivity contribution in [2.24, 2.45) is 0 Å². The molecule has 0 radical (unpaired) electrons. The summed E-state index contributed by atoms with van der Waals surface area (Å²) in [7, 11) is 1.64. The van der Waals surface area contributed by atoms with Crippen molar-refractivity contribution < 1.29 is 9.66 Å². The minimum atomic E-state index is -0.363. The lowest BCUT2D eigenvalue weighted by atomic mass is 10.1. The molecule has 1 aromatic heterocycles. The summed E-state index contributed by atoms with van der Waals surface area (Å²) in [5.41, 5.74) is 2.43. The fourth-order valence-corrected chi connectivity index (χ4v) is 2.39. The molecule has 0 saturated carbocycles. The molecule has 0 atom stereocenters. The van der Waals surface area contributed by atoms with E-state index in [2.05, 4.69) is 5.10 Å². The molecule has 6 nitrogen and oxygen atoms in total. The van der Waals surface area contributed by atoms with Gasteiger partial charge in [-0.05, 0) is 44.4 Å². The lowest BCUT2D eigenvalue weighted by Gasteiger charge is -2.05. The van der Waals surface area contributed by atoms with E-state index in [0.717, 1.165) is 18.6 Å². The van der Waals surface area contributed by atoms with Crippen molar-refractivity contribution in [3.05, 3.63) is 51.3 Å². The van der Waals surface area contributed by atoms with E-state index in [1.807, 2.05) is 24.3 Å². The monoisotopic (exact) mass is 289 g/mol. The number of benzene rings is 1. The van der Waals surface area contributed by atoms with Crippen LogP contribution in [0, 0.1) is 24.0 Å². The van der Waals surface area contributed by atoms with Crippen LogP contribution >= 0.6 is 0 Å². The van der Waals surface area contributed by atoms with Crippen LogP contribution in [0.25, 0.3) is 0 Å². The quantitative estimate of drug-likeness (QED) is 0.605. The van der Waals surface area contributed by atoms with E-state index in [-0.39, 0.29) is 10.6 Å². The maximum absolute atomic E-state index is 11.0. The second kappa shape index (κ2) is 6.39. The van der Waals surface area contributed by atoms with Gasteiger partial charge in [-0.2, -0.15) is 5.10 Å². The first-order chi connectivity index (χ1) is 10.0. The van der Waals surface area contributed by atoms with E-state index in [4.69, 9.17) is 4.74 Å². The highest BCUT2D eigenvalue weighted by molar-refractivity contribution is 5.39. The van der Waals surface area contributed by atoms with Crippen molar-refractivity contribution in [2.75, 3.05) is 7.11 Å². The third-order valence-electron chi connectivity index (χ3n) is 3.52. The molecule has 0 unspecified atom stereocenters. The zero-order valence-electron chi connectivity index (χ0n) is 12.5. The Morgan fingerprint density at radius 3 is 2.48 bits per heavy atom. The van der Waals surface area contributed by atoms with E-state index in [9.17, 15) is 10.1 Å². The summed E-state index contributed by atoms with van der Waals surface area (Å²) in [5, 5.41) is 15.2. The molecule has 0 saturated heterocycles. The van der Waals surface area contributed by atoms with Crippen molar-refractivity contribution in [3.8, 4) is 5.75 Å². The van der Waals surface area contributed by atoms with Gasteiger partial charge in [-0.15, -0.1) is 0 Å². The second-order valence-electron chi connectivity index (χ2n) is 4.95. The fraction of sp³-hybridized carbons (Fsp3) is 0.400. The molecule has 112 valence electrons. The Morgan fingerprint density at radius 1 is 1.29 bits per heavy atom. The van der Waals surface area contributed by atoms with Crippen LogP contribution in [0.4, 0.5) is 5.69 Å². The highest BCUT2D eigenvalue weighted by atomic mass is 16.6. The molecule has 0 spiro atoms. The molecule has 0 aliphatic rings. The SMILES string of the molecule is COc1ccc(CCCn2nc(C)c([N+](=O)[O-])c2C)cc1. The third-order valence-corrected chi connectivity index (χ3v) is 3.52. The summed E-state index contributed by atoms with van der Waals surface area (Å²) in [4.78, 5) is 10.6. The van der Waals surface area contributed by atoms with Gasteiger partial charge >= 0.3 is 5.69 Å². The first kappa shape index (κ1) is 15.0. The van der Waals surface area contributed by atoms with Gasteiger partial charge in [-0.25, -0.2) is 0 Å². The van der Waals surface area contributed by atoms with Crippen molar-refractivity contribution >= 4 is 5.69 Å². The molecule has 0 amide bonds. The molecule has 2 aromatic rings. The Balaban J connectivity index is 1.97. The van der Waals surface area contributed by atoms with Gasteiger partial charge < -0.3 is 4.74 Å². The minimum Gasteiger partial charge on any atom is -0.497 e. The van der Waals surface area contributed by atoms with Gasteiger partial charge in [-0.3, -0.25) is 14.8 Å². The maximum atomic E-state index is 11.0. The Hall–Kier alpha value is -2.37. The predicted molar refractivity (Wildman–Crippen MR) is 79.7 cm³/mol. The topological polar surface area (TPSA) is 70.2 Å². The van der Waals surface area contributed by atoms with E-state index in [0.29, 0.717) is 17.9 Å². The van der Waals surface area contributed by atoms with Crippen LogP contribution in [0.15, 0.2) is 24.3 Å². The van der Waals surface area contributed by atoms with Crippen molar-refractivity contribution in [1.82, 2.24) is 9.78 Å². The summed E-state index contributed by atoms with van der Waals surface area (Å²) in [6.07, 6.45) is 1.78. The van der Waals surface area contributed by atoms with Crippen molar-refractivity contribution in [3.63, 3.8) is 0 Å². The molecule has 0 aliphatic carbocycles. The molecule has 0 N–H and O–H groups in total. The molecule has 1 aromatic carbocycles. The first-order valence-electron chi connectivity index (χ1n) is 6.84. The van der Waals surface area contributed by atoms with Crippen molar-refractivity contribution in [1.29, 1.82) is 0 Å². The van der Waals surface area contributed by atoms with Gasteiger partial charge in [0.2, 0.25) is 0 Å². The summed E-state index contributed by atoms with van der Waals surface area (Å²) < 4.78 is 6.84. The molecule has 6 heteroatoms. The van der Waals surface area contributed by atoms with E-state index in [1.165, 1.54) is 5.56 Å². The summed E-state index contributed by atoms with van der Waals surface area (Å²) in [5.74, 6) is 0.841. The summed E-state index contributed by atoms with van der Waals surface area (Å²) in [6, 6.07) is 7.93. The number of hydrogen-bond acceptors (Lipinski definition) is 4. The Bertz CT molecular complexity index is 632. The van der Waals surface area contributed by atoms with E-state index in [1.54, 1.807) is 25.6 Å². The van der Waals surface area contributed by atoms with Crippen LogP contribution in [0.2, 0.25) is 0 Å². The lowest BCUT2D eigenvalue weighted by Crippen LogP contribution is -2.04. The van der Waals surface area contributed by atoms with Crippen LogP contribution in [-0.2, 0) is 13.0 Å². The van der Waals surface area contributed by atoms with Crippen LogP contribution < -0.4 is 4.74 Å². The smallest absolute Gasteiger partial charge is 0.312 e. The molecule has 2 rings (SSSR count). The Morgan fingerprint density at radius 2 is 1.95 bits per heavy atom. The largest absolute Gasteiger partial charge is 0.497 e. The normalized spacial score (nSPS) is 10.6. The van der Waals surface area contributed by atoms with Crippen molar-refractivity contribution in [2.45, 2.75) is 33.2 Å². The highest BCUT2D eigenvalue weighted by Gasteiger charge is 2.21.